The van der Waals surface area contributed by atoms with E-state index in [4.69, 9.17) is 4.74 Å². The van der Waals surface area contributed by atoms with Crippen LogP contribution >= 0.6 is 15.9 Å². The number of rotatable bonds is 5. The van der Waals surface area contributed by atoms with Gasteiger partial charge >= 0.3 is 0 Å². The molecule has 116 valence electrons. The number of hydrogen-bond acceptors (Lipinski definition) is 2. The van der Waals surface area contributed by atoms with Crippen LogP contribution in [0.5, 0.6) is 5.75 Å². The molecule has 2 aromatic rings. The first-order valence-corrected chi connectivity index (χ1v) is 8.04. The van der Waals surface area contributed by atoms with Crippen molar-refractivity contribution in [1.82, 2.24) is 0 Å². The third-order valence-corrected chi connectivity index (χ3v) is 3.93. The highest BCUT2D eigenvalue weighted by molar-refractivity contribution is 9.10. The third kappa shape index (κ3) is 4.60. The van der Waals surface area contributed by atoms with Crippen LogP contribution in [0.15, 0.2) is 46.9 Å². The molecule has 0 bridgehead atoms. The lowest BCUT2D eigenvalue weighted by Gasteiger charge is -2.10. The molecule has 3 nitrogen and oxygen atoms in total. The standard InChI is InChI=1S/C18H20BrNO2/c1-12(2)14-5-7-15(8-6-14)20-18(21)11-22-17-9-4-13(3)10-16(17)19/h4-10,12H,11H2,1-3H3,(H,20,21). The van der Waals surface area contributed by atoms with Crippen molar-refractivity contribution in [3.8, 4) is 5.75 Å². The topological polar surface area (TPSA) is 38.3 Å². The Balaban J connectivity index is 1.90. The maximum absolute atomic E-state index is 11.9. The van der Waals surface area contributed by atoms with Crippen molar-refractivity contribution in [2.24, 2.45) is 0 Å². The van der Waals surface area contributed by atoms with Gasteiger partial charge in [0, 0.05) is 5.69 Å². The van der Waals surface area contributed by atoms with Crippen LogP contribution in [0.4, 0.5) is 5.69 Å². The first kappa shape index (κ1) is 16.6. The van der Waals surface area contributed by atoms with E-state index in [1.54, 1.807) is 0 Å². The minimum atomic E-state index is -0.176. The highest BCUT2D eigenvalue weighted by Crippen LogP contribution is 2.25. The molecule has 0 aliphatic heterocycles. The van der Waals surface area contributed by atoms with Gasteiger partial charge < -0.3 is 10.1 Å². The second-order valence-corrected chi connectivity index (χ2v) is 6.40. The second kappa shape index (κ2) is 7.45. The Morgan fingerprint density at radius 1 is 1.18 bits per heavy atom. The fourth-order valence-electron chi connectivity index (χ4n) is 2.01. The van der Waals surface area contributed by atoms with Gasteiger partial charge in [-0.1, -0.05) is 32.0 Å². The molecule has 0 spiro atoms. The van der Waals surface area contributed by atoms with Crippen LogP contribution in [-0.4, -0.2) is 12.5 Å². The summed E-state index contributed by atoms with van der Waals surface area (Å²) in [5.41, 5.74) is 3.16. The number of carbonyl (C=O) groups excluding carboxylic acids is 1. The number of anilines is 1. The molecular weight excluding hydrogens is 342 g/mol. The van der Waals surface area contributed by atoms with Crippen molar-refractivity contribution in [2.75, 3.05) is 11.9 Å². The third-order valence-electron chi connectivity index (χ3n) is 3.31. The Morgan fingerprint density at radius 3 is 2.45 bits per heavy atom. The molecule has 1 amide bonds. The molecule has 0 unspecified atom stereocenters. The van der Waals surface area contributed by atoms with Gasteiger partial charge in [-0.05, 0) is 64.2 Å². The molecule has 2 rings (SSSR count). The molecule has 4 heteroatoms. The first-order valence-electron chi connectivity index (χ1n) is 7.24. The van der Waals surface area contributed by atoms with Crippen molar-refractivity contribution in [1.29, 1.82) is 0 Å². The lowest BCUT2D eigenvalue weighted by molar-refractivity contribution is -0.118. The molecule has 1 N–H and O–H groups in total. The van der Waals surface area contributed by atoms with E-state index in [1.807, 2.05) is 49.4 Å². The molecule has 0 radical (unpaired) electrons. The highest BCUT2D eigenvalue weighted by Gasteiger charge is 2.07. The number of ether oxygens (including phenoxy) is 1. The molecule has 0 aliphatic rings. The van der Waals surface area contributed by atoms with Crippen LogP contribution in [0.1, 0.15) is 30.9 Å². The van der Waals surface area contributed by atoms with Crippen LogP contribution < -0.4 is 10.1 Å². The quantitative estimate of drug-likeness (QED) is 0.822. The number of amides is 1. The predicted molar refractivity (Wildman–Crippen MR) is 93.5 cm³/mol. The van der Waals surface area contributed by atoms with Crippen LogP contribution in [0, 0.1) is 6.92 Å². The van der Waals surface area contributed by atoms with E-state index in [-0.39, 0.29) is 12.5 Å². The van der Waals surface area contributed by atoms with Gasteiger partial charge in [0.05, 0.1) is 4.47 Å². The number of aryl methyl sites for hydroxylation is 1. The van der Waals surface area contributed by atoms with Crippen molar-refractivity contribution in [2.45, 2.75) is 26.7 Å². The van der Waals surface area contributed by atoms with Gasteiger partial charge in [-0.25, -0.2) is 0 Å². The number of nitrogens with one attached hydrogen (secondary N) is 1. The summed E-state index contributed by atoms with van der Waals surface area (Å²) in [6.45, 7) is 6.26. The van der Waals surface area contributed by atoms with E-state index in [2.05, 4.69) is 35.1 Å². The van der Waals surface area contributed by atoms with E-state index in [1.165, 1.54) is 5.56 Å². The fourth-order valence-corrected chi connectivity index (χ4v) is 2.62. The van der Waals surface area contributed by atoms with E-state index in [9.17, 15) is 4.79 Å². The normalized spacial score (nSPS) is 10.6. The summed E-state index contributed by atoms with van der Waals surface area (Å²) in [7, 11) is 0. The zero-order chi connectivity index (χ0) is 16.1. The van der Waals surface area contributed by atoms with Gasteiger partial charge in [0.1, 0.15) is 5.75 Å². The van der Waals surface area contributed by atoms with Crippen LogP contribution in [0.25, 0.3) is 0 Å². The van der Waals surface area contributed by atoms with E-state index >= 15 is 0 Å². The maximum atomic E-state index is 11.9. The fraction of sp³-hybridized carbons (Fsp3) is 0.278. The predicted octanol–water partition coefficient (Wildman–Crippen LogP) is 4.90. The molecule has 0 fully saturated rings. The summed E-state index contributed by atoms with van der Waals surface area (Å²) in [6, 6.07) is 13.6. The van der Waals surface area contributed by atoms with Crippen molar-refractivity contribution in [3.05, 3.63) is 58.1 Å². The average Bonchev–Trinajstić information content (AvgIpc) is 2.47. The summed E-state index contributed by atoms with van der Waals surface area (Å²) < 4.78 is 6.38. The van der Waals surface area contributed by atoms with Gasteiger partial charge in [-0.15, -0.1) is 0 Å². The van der Waals surface area contributed by atoms with Gasteiger partial charge in [-0.3, -0.25) is 4.79 Å². The lowest BCUT2D eigenvalue weighted by Crippen LogP contribution is -2.20. The van der Waals surface area contributed by atoms with Gasteiger partial charge in [0.15, 0.2) is 6.61 Å². The van der Waals surface area contributed by atoms with Crippen molar-refractivity contribution in [3.63, 3.8) is 0 Å². The number of halogens is 1. The summed E-state index contributed by atoms with van der Waals surface area (Å²) in [5.74, 6) is 0.965. The zero-order valence-corrected chi connectivity index (χ0v) is 14.6. The number of hydrogen-bond donors (Lipinski definition) is 1. The molecule has 0 atom stereocenters. The highest BCUT2D eigenvalue weighted by atomic mass is 79.9. The summed E-state index contributed by atoms with van der Waals surface area (Å²) in [5, 5.41) is 2.83. The molecule has 22 heavy (non-hydrogen) atoms. The van der Waals surface area contributed by atoms with Gasteiger partial charge in [-0.2, -0.15) is 0 Å². The summed E-state index contributed by atoms with van der Waals surface area (Å²) >= 11 is 3.43. The molecule has 0 saturated carbocycles. The largest absolute Gasteiger partial charge is 0.483 e. The zero-order valence-electron chi connectivity index (χ0n) is 13.0. The Bertz CT molecular complexity index is 651. The minimum Gasteiger partial charge on any atom is -0.483 e. The van der Waals surface area contributed by atoms with Crippen LogP contribution in [0.3, 0.4) is 0 Å². The summed E-state index contributed by atoms with van der Waals surface area (Å²) in [6.07, 6.45) is 0. The number of benzene rings is 2. The average molecular weight is 362 g/mol. The Morgan fingerprint density at radius 2 is 1.86 bits per heavy atom. The molecule has 0 aliphatic carbocycles. The smallest absolute Gasteiger partial charge is 0.262 e. The minimum absolute atomic E-state index is 0.0202. The SMILES string of the molecule is Cc1ccc(OCC(=O)Nc2ccc(C(C)C)cc2)c(Br)c1. The Kier molecular flexibility index (Phi) is 5.61. The Hall–Kier alpha value is -1.81. The molecule has 0 heterocycles. The molecule has 2 aromatic carbocycles. The van der Waals surface area contributed by atoms with Gasteiger partial charge in [0.25, 0.3) is 5.91 Å². The monoisotopic (exact) mass is 361 g/mol. The lowest BCUT2D eigenvalue weighted by atomic mass is 10.0. The van der Waals surface area contributed by atoms with Crippen molar-refractivity contribution < 1.29 is 9.53 Å². The molecule has 0 saturated heterocycles. The summed E-state index contributed by atoms with van der Waals surface area (Å²) in [4.78, 5) is 11.9. The second-order valence-electron chi connectivity index (χ2n) is 5.55. The van der Waals surface area contributed by atoms with Crippen LogP contribution in [0.2, 0.25) is 0 Å². The van der Waals surface area contributed by atoms with Crippen LogP contribution in [-0.2, 0) is 4.79 Å². The molecule has 0 aromatic heterocycles. The van der Waals surface area contributed by atoms with Crippen molar-refractivity contribution >= 4 is 27.5 Å². The van der Waals surface area contributed by atoms with Gasteiger partial charge in [0.2, 0.25) is 0 Å². The van der Waals surface area contributed by atoms with E-state index in [0.29, 0.717) is 11.7 Å². The Labute approximate surface area is 139 Å². The number of carbonyl (C=O) groups is 1. The molecular formula is C18H20BrNO2. The van der Waals surface area contributed by atoms with E-state index < -0.39 is 0 Å². The van der Waals surface area contributed by atoms with E-state index in [0.717, 1.165) is 15.7 Å². The maximum Gasteiger partial charge on any atom is 0.262 e. The first-order chi connectivity index (χ1) is 10.5.